The summed E-state index contributed by atoms with van der Waals surface area (Å²) in [5.74, 6) is -2.00. The molecule has 0 bridgehead atoms. The number of hydrogen-bond donors (Lipinski definition) is 1. The molecule has 1 aromatic heterocycles. The molecule has 0 aliphatic heterocycles. The SMILES string of the molecule is Cc1cccc(CN(C)c2ccc(C(=O)O)c(F)c2)n1. The van der Waals surface area contributed by atoms with E-state index in [1.165, 1.54) is 12.1 Å². The summed E-state index contributed by atoms with van der Waals surface area (Å²) in [6.07, 6.45) is 0. The Morgan fingerprint density at radius 1 is 1.35 bits per heavy atom. The summed E-state index contributed by atoms with van der Waals surface area (Å²) >= 11 is 0. The average molecular weight is 274 g/mol. The number of benzene rings is 1. The number of hydrogen-bond acceptors (Lipinski definition) is 3. The monoisotopic (exact) mass is 274 g/mol. The van der Waals surface area contributed by atoms with Crippen molar-refractivity contribution in [2.45, 2.75) is 13.5 Å². The van der Waals surface area contributed by atoms with Crippen molar-refractivity contribution < 1.29 is 14.3 Å². The van der Waals surface area contributed by atoms with Gasteiger partial charge in [0.25, 0.3) is 0 Å². The van der Waals surface area contributed by atoms with Crippen LogP contribution in [0.3, 0.4) is 0 Å². The number of anilines is 1. The Morgan fingerprint density at radius 3 is 2.70 bits per heavy atom. The third kappa shape index (κ3) is 3.12. The first-order valence-electron chi connectivity index (χ1n) is 6.14. The first kappa shape index (κ1) is 14.0. The maximum Gasteiger partial charge on any atom is 0.338 e. The van der Waals surface area contributed by atoms with Crippen LogP contribution in [-0.2, 0) is 6.54 Å². The van der Waals surface area contributed by atoms with E-state index in [0.29, 0.717) is 12.2 Å². The van der Waals surface area contributed by atoms with Gasteiger partial charge in [-0.2, -0.15) is 0 Å². The van der Waals surface area contributed by atoms with Crippen LogP contribution < -0.4 is 4.90 Å². The van der Waals surface area contributed by atoms with Gasteiger partial charge in [0, 0.05) is 18.4 Å². The molecule has 1 N–H and O–H groups in total. The van der Waals surface area contributed by atoms with Gasteiger partial charge in [-0.05, 0) is 37.3 Å². The quantitative estimate of drug-likeness (QED) is 0.931. The molecule has 0 saturated heterocycles. The molecule has 4 nitrogen and oxygen atoms in total. The fourth-order valence-electron chi connectivity index (χ4n) is 1.94. The predicted molar refractivity (Wildman–Crippen MR) is 74.4 cm³/mol. The maximum atomic E-state index is 13.6. The molecule has 0 atom stereocenters. The van der Waals surface area contributed by atoms with Crippen LogP contribution in [0.25, 0.3) is 0 Å². The van der Waals surface area contributed by atoms with E-state index in [-0.39, 0.29) is 5.56 Å². The highest BCUT2D eigenvalue weighted by Gasteiger charge is 2.12. The Labute approximate surface area is 116 Å². The van der Waals surface area contributed by atoms with Crippen molar-refractivity contribution in [3.63, 3.8) is 0 Å². The fourth-order valence-corrected chi connectivity index (χ4v) is 1.94. The van der Waals surface area contributed by atoms with Gasteiger partial charge in [0.15, 0.2) is 0 Å². The number of carboxylic acid groups (broad SMARTS) is 1. The second kappa shape index (κ2) is 5.69. The topological polar surface area (TPSA) is 53.4 Å². The Kier molecular flexibility index (Phi) is 3.98. The van der Waals surface area contributed by atoms with Crippen molar-refractivity contribution in [1.29, 1.82) is 0 Å². The minimum Gasteiger partial charge on any atom is -0.478 e. The van der Waals surface area contributed by atoms with Crippen LogP contribution in [-0.4, -0.2) is 23.1 Å². The number of pyridine rings is 1. The zero-order valence-electron chi connectivity index (χ0n) is 11.3. The van der Waals surface area contributed by atoms with Gasteiger partial charge in [0.05, 0.1) is 17.8 Å². The molecule has 0 radical (unpaired) electrons. The fraction of sp³-hybridized carbons (Fsp3) is 0.200. The number of rotatable bonds is 4. The van der Waals surface area contributed by atoms with E-state index < -0.39 is 11.8 Å². The third-order valence-corrected chi connectivity index (χ3v) is 2.97. The Balaban J connectivity index is 2.19. The molecule has 0 amide bonds. The summed E-state index contributed by atoms with van der Waals surface area (Å²) in [5, 5.41) is 8.80. The van der Waals surface area contributed by atoms with Crippen molar-refractivity contribution in [3.8, 4) is 0 Å². The van der Waals surface area contributed by atoms with E-state index >= 15 is 0 Å². The molecule has 2 aromatic rings. The summed E-state index contributed by atoms with van der Waals surface area (Å²) in [5.41, 5.74) is 2.07. The minimum atomic E-state index is -1.27. The molecule has 1 aromatic carbocycles. The normalized spacial score (nSPS) is 10.3. The number of aromatic carboxylic acids is 1. The highest BCUT2D eigenvalue weighted by molar-refractivity contribution is 5.88. The van der Waals surface area contributed by atoms with Gasteiger partial charge in [-0.1, -0.05) is 6.07 Å². The van der Waals surface area contributed by atoms with Crippen molar-refractivity contribution in [2.75, 3.05) is 11.9 Å². The molecule has 0 aliphatic rings. The van der Waals surface area contributed by atoms with Crippen molar-refractivity contribution in [2.24, 2.45) is 0 Å². The van der Waals surface area contributed by atoms with Crippen LogP contribution in [0.2, 0.25) is 0 Å². The third-order valence-electron chi connectivity index (χ3n) is 2.97. The number of carboxylic acids is 1. The van der Waals surface area contributed by atoms with Crippen LogP contribution in [0.5, 0.6) is 0 Å². The highest BCUT2D eigenvalue weighted by atomic mass is 19.1. The first-order valence-corrected chi connectivity index (χ1v) is 6.14. The predicted octanol–water partition coefficient (Wildman–Crippen LogP) is 2.86. The molecule has 0 fully saturated rings. The lowest BCUT2D eigenvalue weighted by Gasteiger charge is -2.19. The zero-order chi connectivity index (χ0) is 14.7. The van der Waals surface area contributed by atoms with Crippen LogP contribution in [0, 0.1) is 12.7 Å². The van der Waals surface area contributed by atoms with Gasteiger partial charge in [-0.15, -0.1) is 0 Å². The van der Waals surface area contributed by atoms with Crippen molar-refractivity contribution in [3.05, 3.63) is 59.2 Å². The summed E-state index contributed by atoms with van der Waals surface area (Å²) in [6.45, 7) is 2.43. The van der Waals surface area contributed by atoms with Gasteiger partial charge in [0.1, 0.15) is 5.82 Å². The molecular weight excluding hydrogens is 259 g/mol. The van der Waals surface area contributed by atoms with Gasteiger partial charge < -0.3 is 10.0 Å². The molecule has 1 heterocycles. The second-order valence-electron chi connectivity index (χ2n) is 4.60. The van der Waals surface area contributed by atoms with E-state index in [1.54, 1.807) is 13.1 Å². The van der Waals surface area contributed by atoms with Gasteiger partial charge in [-0.3, -0.25) is 4.98 Å². The Bertz CT molecular complexity index is 644. The first-order chi connectivity index (χ1) is 9.47. The lowest BCUT2D eigenvalue weighted by Crippen LogP contribution is -2.18. The molecule has 5 heteroatoms. The molecule has 2 rings (SSSR count). The molecular formula is C15H15FN2O2. The molecule has 104 valence electrons. The van der Waals surface area contributed by atoms with Crippen molar-refractivity contribution >= 4 is 11.7 Å². The molecule has 0 saturated carbocycles. The minimum absolute atomic E-state index is 0.323. The van der Waals surface area contributed by atoms with E-state index in [2.05, 4.69) is 4.98 Å². The Morgan fingerprint density at radius 2 is 2.10 bits per heavy atom. The van der Waals surface area contributed by atoms with E-state index in [0.717, 1.165) is 11.4 Å². The summed E-state index contributed by atoms with van der Waals surface area (Å²) in [7, 11) is 1.80. The van der Waals surface area contributed by atoms with Crippen LogP contribution >= 0.6 is 0 Å². The van der Waals surface area contributed by atoms with E-state index in [1.807, 2.05) is 30.0 Å². The molecule has 0 spiro atoms. The number of aromatic nitrogens is 1. The average Bonchev–Trinajstić information content (AvgIpc) is 2.38. The van der Waals surface area contributed by atoms with Crippen LogP contribution in [0.1, 0.15) is 21.7 Å². The molecule has 0 unspecified atom stereocenters. The summed E-state index contributed by atoms with van der Waals surface area (Å²) < 4.78 is 13.6. The second-order valence-corrected chi connectivity index (χ2v) is 4.60. The van der Waals surface area contributed by atoms with Gasteiger partial charge in [0.2, 0.25) is 0 Å². The summed E-state index contributed by atoms with van der Waals surface area (Å²) in [6, 6.07) is 9.80. The zero-order valence-corrected chi connectivity index (χ0v) is 11.3. The lowest BCUT2D eigenvalue weighted by molar-refractivity contribution is 0.0692. The number of halogens is 1. The van der Waals surface area contributed by atoms with Crippen LogP contribution in [0.15, 0.2) is 36.4 Å². The number of aryl methyl sites for hydroxylation is 1. The van der Waals surface area contributed by atoms with E-state index in [4.69, 9.17) is 5.11 Å². The number of nitrogens with zero attached hydrogens (tertiary/aromatic N) is 2. The maximum absolute atomic E-state index is 13.6. The van der Waals surface area contributed by atoms with E-state index in [9.17, 15) is 9.18 Å². The smallest absolute Gasteiger partial charge is 0.338 e. The number of carbonyl (C=O) groups is 1. The summed E-state index contributed by atoms with van der Waals surface area (Å²) in [4.78, 5) is 17.0. The lowest BCUT2D eigenvalue weighted by atomic mass is 10.2. The standard InChI is InChI=1S/C15H15FN2O2/c1-10-4-3-5-11(17-10)9-18(2)12-6-7-13(15(19)20)14(16)8-12/h3-8H,9H2,1-2H3,(H,19,20). The highest BCUT2D eigenvalue weighted by Crippen LogP contribution is 2.19. The van der Waals surface area contributed by atoms with Gasteiger partial charge >= 0.3 is 5.97 Å². The van der Waals surface area contributed by atoms with Crippen molar-refractivity contribution in [1.82, 2.24) is 4.98 Å². The van der Waals surface area contributed by atoms with Gasteiger partial charge in [-0.25, -0.2) is 9.18 Å². The molecule has 20 heavy (non-hydrogen) atoms. The molecule has 0 aliphatic carbocycles. The Hall–Kier alpha value is -2.43. The van der Waals surface area contributed by atoms with Crippen LogP contribution in [0.4, 0.5) is 10.1 Å². The largest absolute Gasteiger partial charge is 0.478 e.